The fraction of sp³-hybridized carbons (Fsp3) is 0.667. The quantitative estimate of drug-likeness (QED) is 0.921. The van der Waals surface area contributed by atoms with E-state index in [1.807, 2.05) is 0 Å². The highest BCUT2D eigenvalue weighted by molar-refractivity contribution is 5.23. The van der Waals surface area contributed by atoms with E-state index < -0.39 is 0 Å². The molecule has 3 nitrogen and oxygen atoms in total. The van der Waals surface area contributed by atoms with E-state index in [1.54, 1.807) is 0 Å². The maximum absolute atomic E-state index is 5.80. The van der Waals surface area contributed by atoms with Gasteiger partial charge in [0.25, 0.3) is 0 Å². The van der Waals surface area contributed by atoms with Crippen molar-refractivity contribution < 1.29 is 4.74 Å². The monoisotopic (exact) mass is 290 g/mol. The Morgan fingerprint density at radius 2 is 1.76 bits per heavy atom. The number of hydrogen-bond acceptors (Lipinski definition) is 3. The SMILES string of the molecule is C[C@@H]1CN(Cc2cccc(CNC(C)(C)C)c2)C[C@H](C)O1. The van der Waals surface area contributed by atoms with Gasteiger partial charge < -0.3 is 10.1 Å². The molecule has 0 amide bonds. The van der Waals surface area contributed by atoms with Crippen molar-refractivity contribution in [2.45, 2.75) is 65.5 Å². The molecule has 1 aromatic rings. The highest BCUT2D eigenvalue weighted by atomic mass is 16.5. The molecule has 0 spiro atoms. The molecule has 1 fully saturated rings. The maximum Gasteiger partial charge on any atom is 0.0678 e. The van der Waals surface area contributed by atoms with Gasteiger partial charge in [0.1, 0.15) is 0 Å². The van der Waals surface area contributed by atoms with Crippen LogP contribution in [0, 0.1) is 0 Å². The summed E-state index contributed by atoms with van der Waals surface area (Å²) in [5, 5.41) is 3.55. The van der Waals surface area contributed by atoms with E-state index in [1.165, 1.54) is 11.1 Å². The number of benzene rings is 1. The summed E-state index contributed by atoms with van der Waals surface area (Å²) in [6.45, 7) is 14.9. The Morgan fingerprint density at radius 3 is 2.38 bits per heavy atom. The molecule has 1 heterocycles. The molecule has 1 N–H and O–H groups in total. The minimum absolute atomic E-state index is 0.158. The van der Waals surface area contributed by atoms with Gasteiger partial charge in [0.05, 0.1) is 12.2 Å². The van der Waals surface area contributed by atoms with Crippen LogP contribution in [0.1, 0.15) is 45.7 Å². The first-order valence-corrected chi connectivity index (χ1v) is 8.02. The van der Waals surface area contributed by atoms with E-state index in [2.05, 4.69) is 69.1 Å². The molecule has 0 radical (unpaired) electrons. The van der Waals surface area contributed by atoms with Crippen LogP contribution in [-0.2, 0) is 17.8 Å². The van der Waals surface area contributed by atoms with Crippen molar-refractivity contribution in [3.8, 4) is 0 Å². The molecule has 1 aliphatic heterocycles. The zero-order valence-corrected chi connectivity index (χ0v) is 14.1. The molecular formula is C18H30N2O. The summed E-state index contributed by atoms with van der Waals surface area (Å²) < 4.78 is 5.80. The molecule has 1 aliphatic rings. The lowest BCUT2D eigenvalue weighted by molar-refractivity contribution is -0.0704. The van der Waals surface area contributed by atoms with Gasteiger partial charge >= 0.3 is 0 Å². The summed E-state index contributed by atoms with van der Waals surface area (Å²) in [5.41, 5.74) is 2.91. The van der Waals surface area contributed by atoms with Crippen LogP contribution in [-0.4, -0.2) is 35.7 Å². The van der Waals surface area contributed by atoms with Crippen molar-refractivity contribution in [2.75, 3.05) is 13.1 Å². The Labute approximate surface area is 129 Å². The normalized spacial score (nSPS) is 24.2. The van der Waals surface area contributed by atoms with Crippen LogP contribution in [0.3, 0.4) is 0 Å². The molecule has 0 aromatic heterocycles. The first-order valence-electron chi connectivity index (χ1n) is 8.02. The van der Waals surface area contributed by atoms with E-state index in [0.717, 1.165) is 26.2 Å². The highest BCUT2D eigenvalue weighted by Crippen LogP contribution is 2.15. The summed E-state index contributed by atoms with van der Waals surface area (Å²) in [6.07, 6.45) is 0.666. The van der Waals surface area contributed by atoms with Gasteiger partial charge in [-0.25, -0.2) is 0 Å². The summed E-state index contributed by atoms with van der Waals surface area (Å²) >= 11 is 0. The molecule has 2 atom stereocenters. The van der Waals surface area contributed by atoms with Crippen molar-refractivity contribution in [1.29, 1.82) is 0 Å². The average Bonchev–Trinajstić information content (AvgIpc) is 2.35. The standard InChI is InChI=1S/C18H30N2O/c1-14-11-20(12-15(2)21-14)13-17-8-6-7-16(9-17)10-19-18(3,4)5/h6-9,14-15,19H,10-13H2,1-5H3/t14-,15+. The van der Waals surface area contributed by atoms with Crippen molar-refractivity contribution in [1.82, 2.24) is 10.2 Å². The first kappa shape index (κ1) is 16.5. The third-order valence-corrected chi connectivity index (χ3v) is 3.72. The Bertz CT molecular complexity index is 443. The van der Waals surface area contributed by atoms with E-state index in [-0.39, 0.29) is 5.54 Å². The second-order valence-electron chi connectivity index (χ2n) is 7.37. The van der Waals surface area contributed by atoms with E-state index in [9.17, 15) is 0 Å². The summed E-state index contributed by atoms with van der Waals surface area (Å²) in [5.74, 6) is 0. The minimum atomic E-state index is 0.158. The van der Waals surface area contributed by atoms with E-state index in [4.69, 9.17) is 4.74 Å². The number of hydrogen-bond donors (Lipinski definition) is 1. The summed E-state index contributed by atoms with van der Waals surface area (Å²) in [4.78, 5) is 2.50. The second kappa shape index (κ2) is 6.91. The molecule has 1 saturated heterocycles. The van der Waals surface area contributed by atoms with Gasteiger partial charge in [-0.05, 0) is 45.7 Å². The van der Waals surface area contributed by atoms with Gasteiger partial charge in [0.2, 0.25) is 0 Å². The van der Waals surface area contributed by atoms with E-state index >= 15 is 0 Å². The Kier molecular flexibility index (Phi) is 5.42. The Morgan fingerprint density at radius 1 is 1.14 bits per heavy atom. The molecule has 118 valence electrons. The van der Waals surface area contributed by atoms with Crippen molar-refractivity contribution in [3.63, 3.8) is 0 Å². The van der Waals surface area contributed by atoms with Gasteiger partial charge in [-0.15, -0.1) is 0 Å². The van der Waals surface area contributed by atoms with Crippen LogP contribution in [0.15, 0.2) is 24.3 Å². The second-order valence-corrected chi connectivity index (χ2v) is 7.37. The fourth-order valence-corrected chi connectivity index (χ4v) is 2.88. The first-order chi connectivity index (χ1) is 9.82. The van der Waals surface area contributed by atoms with Crippen LogP contribution in [0.4, 0.5) is 0 Å². The molecule has 21 heavy (non-hydrogen) atoms. The van der Waals surface area contributed by atoms with Gasteiger partial charge in [0, 0.05) is 31.7 Å². The van der Waals surface area contributed by atoms with Crippen LogP contribution >= 0.6 is 0 Å². The smallest absolute Gasteiger partial charge is 0.0678 e. The minimum Gasteiger partial charge on any atom is -0.373 e. The molecule has 2 rings (SSSR count). The lowest BCUT2D eigenvalue weighted by Crippen LogP contribution is -2.44. The predicted molar refractivity (Wildman–Crippen MR) is 88.3 cm³/mol. The van der Waals surface area contributed by atoms with Crippen LogP contribution in [0.2, 0.25) is 0 Å². The number of nitrogens with zero attached hydrogens (tertiary/aromatic N) is 1. The fourth-order valence-electron chi connectivity index (χ4n) is 2.88. The van der Waals surface area contributed by atoms with Gasteiger partial charge in [-0.1, -0.05) is 24.3 Å². The molecule has 1 aromatic carbocycles. The van der Waals surface area contributed by atoms with Crippen molar-refractivity contribution in [2.24, 2.45) is 0 Å². The molecule has 0 aliphatic carbocycles. The number of nitrogens with one attached hydrogen (secondary N) is 1. The predicted octanol–water partition coefficient (Wildman–Crippen LogP) is 3.18. The van der Waals surface area contributed by atoms with E-state index in [0.29, 0.717) is 12.2 Å². The van der Waals surface area contributed by atoms with Crippen LogP contribution in [0.25, 0.3) is 0 Å². The summed E-state index contributed by atoms with van der Waals surface area (Å²) in [6, 6.07) is 8.92. The molecule has 0 unspecified atom stereocenters. The summed E-state index contributed by atoms with van der Waals surface area (Å²) in [7, 11) is 0. The maximum atomic E-state index is 5.80. The topological polar surface area (TPSA) is 24.5 Å². The molecule has 3 heteroatoms. The Hall–Kier alpha value is -0.900. The zero-order valence-electron chi connectivity index (χ0n) is 14.1. The molecule has 0 bridgehead atoms. The lowest BCUT2D eigenvalue weighted by atomic mass is 10.1. The Balaban J connectivity index is 1.94. The van der Waals surface area contributed by atoms with Crippen LogP contribution < -0.4 is 5.32 Å². The lowest BCUT2D eigenvalue weighted by Gasteiger charge is -2.35. The third-order valence-electron chi connectivity index (χ3n) is 3.72. The number of ether oxygens (including phenoxy) is 1. The molecular weight excluding hydrogens is 260 g/mol. The number of rotatable bonds is 4. The largest absolute Gasteiger partial charge is 0.373 e. The van der Waals surface area contributed by atoms with Crippen LogP contribution in [0.5, 0.6) is 0 Å². The van der Waals surface area contributed by atoms with Crippen molar-refractivity contribution >= 4 is 0 Å². The van der Waals surface area contributed by atoms with Crippen molar-refractivity contribution in [3.05, 3.63) is 35.4 Å². The highest BCUT2D eigenvalue weighted by Gasteiger charge is 2.22. The number of morpholine rings is 1. The average molecular weight is 290 g/mol. The van der Waals surface area contributed by atoms with Gasteiger partial charge in [-0.3, -0.25) is 4.90 Å². The third kappa shape index (κ3) is 5.77. The van der Waals surface area contributed by atoms with Gasteiger partial charge in [-0.2, -0.15) is 0 Å². The zero-order chi connectivity index (χ0) is 15.5. The molecule has 0 saturated carbocycles. The van der Waals surface area contributed by atoms with Gasteiger partial charge in [0.15, 0.2) is 0 Å².